The summed E-state index contributed by atoms with van der Waals surface area (Å²) in [6.45, 7) is 12.5. The van der Waals surface area contributed by atoms with Gasteiger partial charge < -0.3 is 9.84 Å². The van der Waals surface area contributed by atoms with Gasteiger partial charge in [-0.3, -0.25) is 9.59 Å². The summed E-state index contributed by atoms with van der Waals surface area (Å²) >= 11 is 0. The highest BCUT2D eigenvalue weighted by Gasteiger charge is 2.25. The van der Waals surface area contributed by atoms with Gasteiger partial charge >= 0.3 is 5.97 Å². The molecule has 0 unspecified atom stereocenters. The Bertz CT molecular complexity index is 689. The van der Waals surface area contributed by atoms with Gasteiger partial charge in [-0.2, -0.15) is 0 Å². The Morgan fingerprint density at radius 1 is 0.900 bits per heavy atom. The molecule has 1 N–H and O–H groups in total. The van der Waals surface area contributed by atoms with Crippen LogP contribution in [0.15, 0.2) is 12.1 Å². The monoisotopic (exact) mass is 418 g/mol. The van der Waals surface area contributed by atoms with Crippen LogP contribution in [0.4, 0.5) is 0 Å². The molecule has 0 aliphatic rings. The minimum absolute atomic E-state index is 0.381. The van der Waals surface area contributed by atoms with Gasteiger partial charge in [0.15, 0.2) is 0 Å². The molecule has 170 valence electrons. The number of hydrogen-bond acceptors (Lipinski definition) is 3. The molecular weight excluding hydrogens is 376 g/mol. The average Bonchev–Trinajstić information content (AvgIpc) is 2.64. The maximum atomic E-state index is 11.2. The third-order valence-corrected chi connectivity index (χ3v) is 6.19. The second-order valence-corrected chi connectivity index (χ2v) is 9.99. The van der Waals surface area contributed by atoms with E-state index in [4.69, 9.17) is 4.74 Å². The molecule has 4 nitrogen and oxygen atoms in total. The zero-order chi connectivity index (χ0) is 22.8. The number of carbonyl (C=O) groups excluding carboxylic acids is 1. The zero-order valence-corrected chi connectivity index (χ0v) is 20.0. The lowest BCUT2D eigenvalue weighted by molar-refractivity contribution is -0.147. The second-order valence-electron chi connectivity index (χ2n) is 9.99. The largest absolute Gasteiger partial charge is 0.481 e. The minimum Gasteiger partial charge on any atom is -0.481 e. The van der Waals surface area contributed by atoms with E-state index in [1.807, 2.05) is 27.7 Å². The van der Waals surface area contributed by atoms with Crippen molar-refractivity contribution in [3.8, 4) is 0 Å². The maximum Gasteiger partial charge on any atom is 0.309 e. The Labute approximate surface area is 183 Å². The predicted octanol–water partition coefficient (Wildman–Crippen LogP) is 6.57. The molecule has 0 fully saturated rings. The fourth-order valence-electron chi connectivity index (χ4n) is 3.93. The van der Waals surface area contributed by atoms with Gasteiger partial charge in [0.05, 0.1) is 5.41 Å². The molecule has 4 heteroatoms. The number of rotatable bonds is 15. The van der Waals surface area contributed by atoms with Crippen molar-refractivity contribution in [1.82, 2.24) is 0 Å². The van der Waals surface area contributed by atoms with E-state index in [1.54, 1.807) is 0 Å². The molecule has 0 spiro atoms. The van der Waals surface area contributed by atoms with E-state index in [0.29, 0.717) is 6.47 Å². The standard InChI is InChI=1S/C26H42O4/c1-20-17-22(13-9-7-8-11-15-25(3,4)24(28)29)21(2)23(18-20)14-10-12-16-26(5,6)30-19-27/h17-19H,7-16H2,1-6H3,(H,28,29). The fraction of sp³-hybridized carbons (Fsp3) is 0.692. The molecule has 1 rings (SSSR count). The van der Waals surface area contributed by atoms with E-state index in [2.05, 4.69) is 26.0 Å². The summed E-state index contributed by atoms with van der Waals surface area (Å²) in [4.78, 5) is 21.7. The number of benzene rings is 1. The van der Waals surface area contributed by atoms with Crippen molar-refractivity contribution < 1.29 is 19.4 Å². The number of carbonyl (C=O) groups is 2. The van der Waals surface area contributed by atoms with Crippen LogP contribution < -0.4 is 0 Å². The molecule has 0 atom stereocenters. The number of hydrogen-bond donors (Lipinski definition) is 1. The van der Waals surface area contributed by atoms with Crippen molar-refractivity contribution in [3.05, 3.63) is 34.4 Å². The van der Waals surface area contributed by atoms with Gasteiger partial charge in [0.25, 0.3) is 6.47 Å². The molecule has 30 heavy (non-hydrogen) atoms. The van der Waals surface area contributed by atoms with E-state index >= 15 is 0 Å². The van der Waals surface area contributed by atoms with Crippen molar-refractivity contribution in [1.29, 1.82) is 0 Å². The summed E-state index contributed by atoms with van der Waals surface area (Å²) in [5.41, 5.74) is 4.61. The van der Waals surface area contributed by atoms with E-state index < -0.39 is 11.4 Å². The van der Waals surface area contributed by atoms with Crippen LogP contribution >= 0.6 is 0 Å². The summed E-state index contributed by atoms with van der Waals surface area (Å²) in [5.74, 6) is -0.703. The zero-order valence-electron chi connectivity index (χ0n) is 20.0. The highest BCUT2D eigenvalue weighted by Crippen LogP contribution is 2.25. The molecule has 0 aromatic heterocycles. The first kappa shape index (κ1) is 26.2. The Morgan fingerprint density at radius 3 is 1.93 bits per heavy atom. The van der Waals surface area contributed by atoms with E-state index in [-0.39, 0.29) is 5.60 Å². The van der Waals surface area contributed by atoms with Crippen LogP contribution in [0.2, 0.25) is 0 Å². The van der Waals surface area contributed by atoms with Crippen LogP contribution in [0.3, 0.4) is 0 Å². The van der Waals surface area contributed by atoms with Gasteiger partial charge in [-0.05, 0) is 103 Å². The summed E-state index contributed by atoms with van der Waals surface area (Å²) < 4.78 is 5.14. The third-order valence-electron chi connectivity index (χ3n) is 6.19. The van der Waals surface area contributed by atoms with Crippen molar-refractivity contribution in [2.24, 2.45) is 5.41 Å². The lowest BCUT2D eigenvalue weighted by Gasteiger charge is -2.22. The number of carboxylic acids is 1. The number of ether oxygens (including phenoxy) is 1. The Balaban J connectivity index is 2.46. The normalized spacial score (nSPS) is 12.1. The number of aryl methyl sites for hydroxylation is 3. The van der Waals surface area contributed by atoms with E-state index in [1.165, 1.54) is 22.3 Å². The van der Waals surface area contributed by atoms with Gasteiger partial charge in [-0.15, -0.1) is 0 Å². The van der Waals surface area contributed by atoms with Crippen LogP contribution in [0.5, 0.6) is 0 Å². The quantitative estimate of drug-likeness (QED) is 0.258. The highest BCUT2D eigenvalue weighted by atomic mass is 16.5. The second kappa shape index (κ2) is 12.1. The Hall–Kier alpha value is -1.84. The van der Waals surface area contributed by atoms with Crippen molar-refractivity contribution >= 4 is 12.4 Å². The molecule has 0 saturated heterocycles. The summed E-state index contributed by atoms with van der Waals surface area (Å²) in [7, 11) is 0. The molecule has 1 aromatic carbocycles. The smallest absolute Gasteiger partial charge is 0.309 e. The van der Waals surface area contributed by atoms with Crippen molar-refractivity contribution in [2.45, 2.75) is 111 Å². The predicted molar refractivity (Wildman–Crippen MR) is 123 cm³/mol. The molecule has 0 aliphatic carbocycles. The molecule has 0 saturated carbocycles. The number of aliphatic carboxylic acids is 1. The van der Waals surface area contributed by atoms with Gasteiger partial charge in [0.2, 0.25) is 0 Å². The molecule has 0 amide bonds. The SMILES string of the molecule is Cc1cc(CCCCCCC(C)(C)C(=O)O)c(C)c(CCCCC(C)(C)OC=O)c1. The Kier molecular flexibility index (Phi) is 10.6. The van der Waals surface area contributed by atoms with Crippen molar-refractivity contribution in [2.75, 3.05) is 0 Å². The first-order valence-electron chi connectivity index (χ1n) is 11.4. The molecule has 0 radical (unpaired) electrons. The van der Waals surface area contributed by atoms with E-state index in [0.717, 1.165) is 64.2 Å². The van der Waals surface area contributed by atoms with Crippen LogP contribution in [0.25, 0.3) is 0 Å². The first-order chi connectivity index (χ1) is 14.0. The van der Waals surface area contributed by atoms with Gasteiger partial charge in [-0.1, -0.05) is 37.0 Å². The lowest BCUT2D eigenvalue weighted by atomic mass is 9.87. The topological polar surface area (TPSA) is 63.6 Å². The summed E-state index contributed by atoms with van der Waals surface area (Å²) in [5, 5.41) is 9.20. The average molecular weight is 419 g/mol. The van der Waals surface area contributed by atoms with Gasteiger partial charge in [0, 0.05) is 0 Å². The third kappa shape index (κ3) is 9.32. The first-order valence-corrected chi connectivity index (χ1v) is 11.4. The fourth-order valence-corrected chi connectivity index (χ4v) is 3.93. The number of carboxylic acid groups (broad SMARTS) is 1. The number of unbranched alkanes of at least 4 members (excludes halogenated alkanes) is 4. The van der Waals surface area contributed by atoms with E-state index in [9.17, 15) is 14.7 Å². The summed E-state index contributed by atoms with van der Waals surface area (Å²) in [6.07, 6.45) is 10.2. The molecule has 0 aliphatic heterocycles. The van der Waals surface area contributed by atoms with Gasteiger partial charge in [-0.25, -0.2) is 0 Å². The Morgan fingerprint density at radius 2 is 1.40 bits per heavy atom. The molecular formula is C26H42O4. The molecule has 1 aromatic rings. The summed E-state index contributed by atoms with van der Waals surface area (Å²) in [6, 6.07) is 4.62. The highest BCUT2D eigenvalue weighted by molar-refractivity contribution is 5.73. The molecule has 0 bridgehead atoms. The minimum atomic E-state index is -0.703. The maximum absolute atomic E-state index is 11.2. The van der Waals surface area contributed by atoms with Crippen LogP contribution in [0.1, 0.15) is 101 Å². The van der Waals surface area contributed by atoms with Crippen LogP contribution in [-0.2, 0) is 27.2 Å². The van der Waals surface area contributed by atoms with Crippen LogP contribution in [-0.4, -0.2) is 23.1 Å². The lowest BCUT2D eigenvalue weighted by Crippen LogP contribution is -2.23. The van der Waals surface area contributed by atoms with Crippen LogP contribution in [0, 0.1) is 19.3 Å². The van der Waals surface area contributed by atoms with Crippen molar-refractivity contribution in [3.63, 3.8) is 0 Å². The van der Waals surface area contributed by atoms with Gasteiger partial charge in [0.1, 0.15) is 5.60 Å². The molecule has 0 heterocycles.